The second-order valence-corrected chi connectivity index (χ2v) is 6.18. The first-order chi connectivity index (χ1) is 11.8. The van der Waals surface area contributed by atoms with Crippen LogP contribution < -0.4 is 10.6 Å². The monoisotopic (exact) mass is 366 g/mol. The van der Waals surface area contributed by atoms with Crippen LogP contribution in [-0.4, -0.2) is 46.4 Å². The molecule has 0 amide bonds. The number of phenolic OH excluding ortho intramolecular Hbond substituents is 1. The normalized spacial score (nSPS) is 12.4. The lowest BCUT2D eigenvalue weighted by Gasteiger charge is -2.10. The van der Waals surface area contributed by atoms with Gasteiger partial charge in [0.2, 0.25) is 0 Å². The number of nitrogens with one attached hydrogen (secondary N) is 2. The Morgan fingerprint density at radius 3 is 2.20 bits per heavy atom. The Kier molecular flexibility index (Phi) is 8.45. The highest BCUT2D eigenvalue weighted by molar-refractivity contribution is 7.14. The van der Waals surface area contributed by atoms with Gasteiger partial charge in [0.1, 0.15) is 17.8 Å². The average Bonchev–Trinajstić information content (AvgIpc) is 3.07. The van der Waals surface area contributed by atoms with E-state index < -0.39 is 24.0 Å². The maximum Gasteiger partial charge on any atom is 0.325 e. The quantitative estimate of drug-likeness (QED) is 0.510. The van der Waals surface area contributed by atoms with Gasteiger partial charge in [-0.05, 0) is 55.6 Å². The van der Waals surface area contributed by atoms with Crippen molar-refractivity contribution < 1.29 is 24.9 Å². The first-order valence-electron chi connectivity index (χ1n) is 7.54. The molecule has 5 N–H and O–H groups in total. The zero-order valence-corrected chi connectivity index (χ0v) is 14.8. The third-order valence-corrected chi connectivity index (χ3v) is 4.07. The van der Waals surface area contributed by atoms with Crippen LogP contribution in [0.3, 0.4) is 0 Å². The van der Waals surface area contributed by atoms with Crippen molar-refractivity contribution in [3.63, 3.8) is 0 Å². The molecule has 0 fully saturated rings. The number of carbonyl (C=O) groups is 2. The number of thiophene rings is 1. The summed E-state index contributed by atoms with van der Waals surface area (Å²) >= 11 is 1.49. The number of carboxylic acids is 2. The van der Waals surface area contributed by atoms with E-state index in [1.54, 1.807) is 38.2 Å². The fourth-order valence-corrected chi connectivity index (χ4v) is 2.52. The Bertz CT molecular complexity index is 658. The van der Waals surface area contributed by atoms with Crippen molar-refractivity contribution in [3.8, 4) is 5.75 Å². The molecule has 2 aromatic rings. The number of rotatable bonds is 7. The molecule has 0 unspecified atom stereocenters. The van der Waals surface area contributed by atoms with Crippen LogP contribution in [0.5, 0.6) is 5.75 Å². The number of aliphatic carboxylic acids is 2. The van der Waals surface area contributed by atoms with E-state index in [2.05, 4.69) is 10.6 Å². The molecule has 25 heavy (non-hydrogen) atoms. The van der Waals surface area contributed by atoms with E-state index >= 15 is 0 Å². The molecule has 1 aromatic heterocycles. The van der Waals surface area contributed by atoms with Gasteiger partial charge in [-0.25, -0.2) is 0 Å². The summed E-state index contributed by atoms with van der Waals surface area (Å²) < 4.78 is 0. The Labute approximate surface area is 149 Å². The number of phenols is 1. The molecular weight excluding hydrogens is 344 g/mol. The zero-order valence-electron chi connectivity index (χ0n) is 14.0. The van der Waals surface area contributed by atoms with E-state index in [9.17, 15) is 9.59 Å². The number of anilines is 1. The molecule has 8 heteroatoms. The predicted molar refractivity (Wildman–Crippen MR) is 97.3 cm³/mol. The number of hydrogen-bond acceptors (Lipinski definition) is 6. The standard InChI is InChI=1S/C10H13NO3.C7H9NO2S/c1-11-9(10(13)14)6-7-2-4-8(12)5-3-7;1-5(7(9)10)8-6-3-2-4-11-6/h2-5,9,11-12H,6H2,1H3,(H,13,14);2-5,8H,1H3,(H,9,10)/t9-;5-/m00/s1. The minimum absolute atomic E-state index is 0.185. The van der Waals surface area contributed by atoms with Gasteiger partial charge in [-0.1, -0.05) is 12.1 Å². The molecule has 7 nitrogen and oxygen atoms in total. The summed E-state index contributed by atoms with van der Waals surface area (Å²) in [6, 6.07) is 9.14. The molecule has 0 aliphatic carbocycles. The van der Waals surface area contributed by atoms with E-state index in [0.717, 1.165) is 10.6 Å². The van der Waals surface area contributed by atoms with E-state index in [1.807, 2.05) is 17.5 Å². The molecule has 0 bridgehead atoms. The lowest BCUT2D eigenvalue weighted by atomic mass is 10.1. The average molecular weight is 366 g/mol. The molecule has 2 rings (SSSR count). The van der Waals surface area contributed by atoms with Gasteiger partial charge in [-0.2, -0.15) is 0 Å². The van der Waals surface area contributed by atoms with E-state index in [1.165, 1.54) is 11.3 Å². The molecule has 0 aliphatic rings. The van der Waals surface area contributed by atoms with Crippen molar-refractivity contribution in [2.75, 3.05) is 12.4 Å². The van der Waals surface area contributed by atoms with Gasteiger partial charge in [0.15, 0.2) is 0 Å². The van der Waals surface area contributed by atoms with E-state index in [-0.39, 0.29) is 5.75 Å². The summed E-state index contributed by atoms with van der Waals surface area (Å²) in [6.45, 7) is 1.61. The van der Waals surface area contributed by atoms with Crippen LogP contribution in [0.15, 0.2) is 41.8 Å². The number of benzene rings is 1. The summed E-state index contributed by atoms with van der Waals surface area (Å²) in [5.41, 5.74) is 0.879. The SMILES string of the molecule is CN[C@@H](Cc1ccc(O)cc1)C(=O)O.C[C@H](Nc1cccs1)C(=O)O. The minimum atomic E-state index is -0.874. The molecule has 1 heterocycles. The maximum absolute atomic E-state index is 10.7. The van der Waals surface area contributed by atoms with Gasteiger partial charge in [-0.15, -0.1) is 11.3 Å². The Morgan fingerprint density at radius 2 is 1.76 bits per heavy atom. The minimum Gasteiger partial charge on any atom is -0.508 e. The van der Waals surface area contributed by atoms with E-state index in [0.29, 0.717) is 6.42 Å². The molecule has 0 saturated carbocycles. The molecule has 0 saturated heterocycles. The third-order valence-electron chi connectivity index (χ3n) is 3.27. The van der Waals surface area contributed by atoms with Crippen LogP contribution in [0.25, 0.3) is 0 Å². The van der Waals surface area contributed by atoms with Crippen molar-refractivity contribution in [3.05, 3.63) is 47.3 Å². The summed E-state index contributed by atoms with van der Waals surface area (Å²) in [6.07, 6.45) is 0.409. The van der Waals surface area contributed by atoms with Crippen molar-refractivity contribution in [2.45, 2.75) is 25.4 Å². The second kappa shape index (κ2) is 10.3. The van der Waals surface area contributed by atoms with Crippen LogP contribution in [0.2, 0.25) is 0 Å². The van der Waals surface area contributed by atoms with Gasteiger partial charge in [-0.3, -0.25) is 9.59 Å². The molecule has 1 aromatic carbocycles. The Balaban J connectivity index is 0.000000257. The highest BCUT2D eigenvalue weighted by Crippen LogP contribution is 2.15. The number of aromatic hydroxyl groups is 1. The predicted octanol–water partition coefficient (Wildman–Crippen LogP) is 2.24. The highest BCUT2D eigenvalue weighted by Gasteiger charge is 2.14. The van der Waals surface area contributed by atoms with Gasteiger partial charge in [0, 0.05) is 0 Å². The summed E-state index contributed by atoms with van der Waals surface area (Å²) in [5, 5.41) is 34.7. The van der Waals surface area contributed by atoms with Crippen LogP contribution in [0.1, 0.15) is 12.5 Å². The van der Waals surface area contributed by atoms with Crippen molar-refractivity contribution in [1.29, 1.82) is 0 Å². The van der Waals surface area contributed by atoms with Crippen LogP contribution >= 0.6 is 11.3 Å². The number of hydrogen-bond donors (Lipinski definition) is 5. The molecule has 2 atom stereocenters. The third kappa shape index (κ3) is 7.69. The van der Waals surface area contributed by atoms with E-state index in [4.69, 9.17) is 15.3 Å². The van der Waals surface area contributed by atoms with Crippen LogP contribution in [0, 0.1) is 0 Å². The lowest BCUT2D eigenvalue weighted by molar-refractivity contribution is -0.139. The van der Waals surface area contributed by atoms with Gasteiger partial charge in [0.25, 0.3) is 0 Å². The van der Waals surface area contributed by atoms with Crippen molar-refractivity contribution in [2.24, 2.45) is 0 Å². The highest BCUT2D eigenvalue weighted by atomic mass is 32.1. The summed E-state index contributed by atoms with van der Waals surface area (Å²) in [5.74, 6) is -1.52. The second-order valence-electron chi connectivity index (χ2n) is 5.23. The lowest BCUT2D eigenvalue weighted by Crippen LogP contribution is -2.35. The smallest absolute Gasteiger partial charge is 0.325 e. The topological polar surface area (TPSA) is 119 Å². The Hall–Kier alpha value is -2.58. The van der Waals surface area contributed by atoms with Crippen molar-refractivity contribution in [1.82, 2.24) is 5.32 Å². The largest absolute Gasteiger partial charge is 0.508 e. The summed E-state index contributed by atoms with van der Waals surface area (Å²) in [7, 11) is 1.61. The zero-order chi connectivity index (χ0) is 18.8. The van der Waals surface area contributed by atoms with Gasteiger partial charge < -0.3 is 26.0 Å². The first kappa shape index (κ1) is 20.5. The fourth-order valence-electron chi connectivity index (χ4n) is 1.82. The van der Waals surface area contributed by atoms with Gasteiger partial charge >= 0.3 is 11.9 Å². The Morgan fingerprint density at radius 1 is 1.12 bits per heavy atom. The molecular formula is C17H22N2O5S. The number of likely N-dealkylation sites (N-methyl/N-ethyl adjacent to an activating group) is 1. The van der Waals surface area contributed by atoms with Crippen molar-refractivity contribution >= 4 is 28.3 Å². The number of carboxylic acid groups (broad SMARTS) is 2. The first-order valence-corrected chi connectivity index (χ1v) is 8.42. The maximum atomic E-state index is 10.7. The molecule has 0 spiro atoms. The van der Waals surface area contributed by atoms with Crippen LogP contribution in [0.4, 0.5) is 5.00 Å². The summed E-state index contributed by atoms with van der Waals surface area (Å²) in [4.78, 5) is 21.1. The van der Waals surface area contributed by atoms with Gasteiger partial charge in [0.05, 0.1) is 5.00 Å². The molecule has 0 radical (unpaired) electrons. The molecule has 0 aliphatic heterocycles. The van der Waals surface area contributed by atoms with Crippen LogP contribution in [-0.2, 0) is 16.0 Å². The molecule has 136 valence electrons. The fraction of sp³-hybridized carbons (Fsp3) is 0.294.